The summed E-state index contributed by atoms with van der Waals surface area (Å²) in [6.07, 6.45) is 0. The molecule has 0 atom stereocenters. The molecule has 152 valence electrons. The molecule has 4 aromatic rings. The minimum absolute atomic E-state index is 0.351. The predicted octanol–water partition coefficient (Wildman–Crippen LogP) is 3.09. The maximum atomic E-state index is 6.04. The van der Waals surface area contributed by atoms with Gasteiger partial charge in [-0.25, -0.2) is 4.98 Å². The van der Waals surface area contributed by atoms with Crippen molar-refractivity contribution in [2.45, 2.75) is 19.8 Å². The van der Waals surface area contributed by atoms with Gasteiger partial charge in [0.25, 0.3) is 0 Å². The SMILES string of the molecule is COCc1ccc(-c2nnn(Cc3ccc(OCc4ccccc4)cc3)n2)c(N)n1. The van der Waals surface area contributed by atoms with Crippen LogP contribution in [0.15, 0.2) is 66.7 Å². The molecule has 2 N–H and O–H groups in total. The second-order valence-electron chi connectivity index (χ2n) is 6.73. The number of benzene rings is 2. The maximum Gasteiger partial charge on any atom is 0.208 e. The average molecular weight is 402 g/mol. The molecule has 8 nitrogen and oxygen atoms in total. The molecular formula is C22H22N6O2. The van der Waals surface area contributed by atoms with E-state index >= 15 is 0 Å². The summed E-state index contributed by atoms with van der Waals surface area (Å²) >= 11 is 0. The number of tetrazole rings is 1. The smallest absolute Gasteiger partial charge is 0.208 e. The number of methoxy groups -OCH3 is 1. The fraction of sp³-hybridized carbons (Fsp3) is 0.182. The Hall–Kier alpha value is -3.78. The van der Waals surface area contributed by atoms with Crippen molar-refractivity contribution in [3.63, 3.8) is 0 Å². The lowest BCUT2D eigenvalue weighted by Crippen LogP contribution is -2.04. The topological polar surface area (TPSA) is 101 Å². The molecule has 2 aromatic heterocycles. The summed E-state index contributed by atoms with van der Waals surface area (Å²) in [7, 11) is 1.61. The van der Waals surface area contributed by atoms with E-state index in [1.807, 2.05) is 66.7 Å². The number of nitrogens with zero attached hydrogens (tertiary/aromatic N) is 5. The summed E-state index contributed by atoms with van der Waals surface area (Å²) in [6.45, 7) is 1.42. The van der Waals surface area contributed by atoms with Crippen LogP contribution in [-0.4, -0.2) is 32.3 Å². The van der Waals surface area contributed by atoms with E-state index in [9.17, 15) is 0 Å². The van der Waals surface area contributed by atoms with Crippen molar-refractivity contribution < 1.29 is 9.47 Å². The van der Waals surface area contributed by atoms with Crippen molar-refractivity contribution >= 4 is 5.82 Å². The number of anilines is 1. The van der Waals surface area contributed by atoms with Crippen LogP contribution in [0.25, 0.3) is 11.4 Å². The van der Waals surface area contributed by atoms with Gasteiger partial charge in [0.1, 0.15) is 18.2 Å². The summed E-state index contributed by atoms with van der Waals surface area (Å²) in [4.78, 5) is 5.83. The first-order valence-electron chi connectivity index (χ1n) is 9.49. The Morgan fingerprint density at radius 2 is 1.70 bits per heavy atom. The van der Waals surface area contributed by atoms with Gasteiger partial charge < -0.3 is 15.2 Å². The average Bonchev–Trinajstić information content (AvgIpc) is 3.22. The summed E-state index contributed by atoms with van der Waals surface area (Å²) < 4.78 is 10.9. The molecule has 0 saturated carbocycles. The molecule has 8 heteroatoms. The van der Waals surface area contributed by atoms with Crippen molar-refractivity contribution in [1.29, 1.82) is 0 Å². The number of hydrogen-bond donors (Lipinski definition) is 1. The van der Waals surface area contributed by atoms with Gasteiger partial charge in [0.05, 0.1) is 24.4 Å². The number of rotatable bonds is 8. The highest BCUT2D eigenvalue weighted by Crippen LogP contribution is 2.21. The normalized spacial score (nSPS) is 10.8. The molecule has 30 heavy (non-hydrogen) atoms. The Morgan fingerprint density at radius 3 is 2.43 bits per heavy atom. The minimum atomic E-state index is 0.351. The Labute approximate surface area is 174 Å². The van der Waals surface area contributed by atoms with Gasteiger partial charge in [-0.1, -0.05) is 42.5 Å². The summed E-state index contributed by atoms with van der Waals surface area (Å²) in [5.74, 6) is 1.60. The molecule has 0 aliphatic carbocycles. The molecule has 0 aliphatic heterocycles. The van der Waals surface area contributed by atoms with Gasteiger partial charge in [0, 0.05) is 7.11 Å². The molecule has 0 spiro atoms. The molecule has 4 rings (SSSR count). The Balaban J connectivity index is 1.39. The van der Waals surface area contributed by atoms with Crippen LogP contribution < -0.4 is 10.5 Å². The van der Waals surface area contributed by atoms with Crippen LogP contribution >= 0.6 is 0 Å². The first-order valence-corrected chi connectivity index (χ1v) is 9.49. The summed E-state index contributed by atoms with van der Waals surface area (Å²) in [5, 5.41) is 12.7. The Kier molecular flexibility index (Phi) is 5.95. The Morgan fingerprint density at radius 1 is 0.900 bits per heavy atom. The summed E-state index contributed by atoms with van der Waals surface area (Å²) in [5.41, 5.74) is 9.59. The second kappa shape index (κ2) is 9.15. The van der Waals surface area contributed by atoms with Crippen molar-refractivity contribution in [3.05, 3.63) is 83.6 Å². The molecule has 0 aliphatic rings. The van der Waals surface area contributed by atoms with E-state index in [1.165, 1.54) is 4.80 Å². The van der Waals surface area contributed by atoms with Crippen molar-refractivity contribution in [1.82, 2.24) is 25.2 Å². The van der Waals surface area contributed by atoms with Crippen LogP contribution in [0.3, 0.4) is 0 Å². The number of pyridine rings is 1. The van der Waals surface area contributed by atoms with Gasteiger partial charge in [-0.15, -0.1) is 10.2 Å². The second-order valence-corrected chi connectivity index (χ2v) is 6.73. The molecule has 2 aromatic carbocycles. The quantitative estimate of drug-likeness (QED) is 0.483. The van der Waals surface area contributed by atoms with E-state index < -0.39 is 0 Å². The zero-order chi connectivity index (χ0) is 20.8. The lowest BCUT2D eigenvalue weighted by molar-refractivity contribution is 0.181. The number of nitrogens with two attached hydrogens (primary N) is 1. The molecule has 2 heterocycles. The van der Waals surface area contributed by atoms with Gasteiger partial charge in [0.2, 0.25) is 5.82 Å². The van der Waals surface area contributed by atoms with Gasteiger partial charge in [0.15, 0.2) is 0 Å². The third kappa shape index (κ3) is 4.79. The van der Waals surface area contributed by atoms with Gasteiger partial charge in [-0.2, -0.15) is 4.80 Å². The number of aromatic nitrogens is 5. The first-order chi connectivity index (χ1) is 14.7. The van der Waals surface area contributed by atoms with Crippen molar-refractivity contribution in [2.24, 2.45) is 0 Å². The van der Waals surface area contributed by atoms with Gasteiger partial charge >= 0.3 is 0 Å². The molecule has 0 radical (unpaired) electrons. The van der Waals surface area contributed by atoms with Crippen LogP contribution in [0.5, 0.6) is 5.75 Å². The molecular weight excluding hydrogens is 380 g/mol. The maximum absolute atomic E-state index is 6.04. The lowest BCUT2D eigenvalue weighted by atomic mass is 10.2. The first kappa shape index (κ1) is 19.5. The zero-order valence-corrected chi connectivity index (χ0v) is 16.6. The van der Waals surface area contributed by atoms with Crippen LogP contribution in [0.1, 0.15) is 16.8 Å². The highest BCUT2D eigenvalue weighted by molar-refractivity contribution is 5.67. The van der Waals surface area contributed by atoms with Gasteiger partial charge in [-0.05, 0) is 40.6 Å². The van der Waals surface area contributed by atoms with Crippen LogP contribution in [0.4, 0.5) is 5.82 Å². The van der Waals surface area contributed by atoms with Crippen LogP contribution in [0.2, 0.25) is 0 Å². The van der Waals surface area contributed by atoms with E-state index in [4.69, 9.17) is 15.2 Å². The third-order valence-electron chi connectivity index (χ3n) is 4.46. The predicted molar refractivity (Wildman–Crippen MR) is 112 cm³/mol. The zero-order valence-electron chi connectivity index (χ0n) is 16.6. The fourth-order valence-electron chi connectivity index (χ4n) is 2.95. The van der Waals surface area contributed by atoms with Gasteiger partial charge in [-0.3, -0.25) is 0 Å². The van der Waals surface area contributed by atoms with Crippen molar-refractivity contribution in [2.75, 3.05) is 12.8 Å². The summed E-state index contributed by atoms with van der Waals surface area (Å²) in [6, 6.07) is 21.6. The van der Waals surface area contributed by atoms with E-state index in [0.717, 1.165) is 22.6 Å². The van der Waals surface area contributed by atoms with Crippen LogP contribution in [-0.2, 0) is 24.5 Å². The lowest BCUT2D eigenvalue weighted by Gasteiger charge is -2.07. The fourth-order valence-corrected chi connectivity index (χ4v) is 2.95. The molecule has 0 bridgehead atoms. The highest BCUT2D eigenvalue weighted by Gasteiger charge is 2.12. The number of hydrogen-bond acceptors (Lipinski definition) is 7. The molecule has 0 saturated heterocycles. The van der Waals surface area contributed by atoms with E-state index in [-0.39, 0.29) is 0 Å². The van der Waals surface area contributed by atoms with E-state index in [2.05, 4.69) is 20.4 Å². The highest BCUT2D eigenvalue weighted by atomic mass is 16.5. The molecule has 0 unspecified atom stereocenters. The van der Waals surface area contributed by atoms with E-state index in [1.54, 1.807) is 7.11 Å². The molecule has 0 amide bonds. The van der Waals surface area contributed by atoms with Crippen molar-refractivity contribution in [3.8, 4) is 17.1 Å². The standard InChI is InChI=1S/C22H22N6O2/c1-29-15-18-9-12-20(21(23)24-18)22-25-27-28(26-22)13-16-7-10-19(11-8-16)30-14-17-5-3-2-4-6-17/h2-12H,13-15H2,1H3,(H2,23,24). The largest absolute Gasteiger partial charge is 0.489 e. The number of nitrogen functional groups attached to an aromatic ring is 1. The minimum Gasteiger partial charge on any atom is -0.489 e. The van der Waals surface area contributed by atoms with Crippen LogP contribution in [0, 0.1) is 0 Å². The monoisotopic (exact) mass is 402 g/mol. The Bertz CT molecular complexity index is 1100. The molecule has 0 fully saturated rings. The third-order valence-corrected chi connectivity index (χ3v) is 4.46. The van der Waals surface area contributed by atoms with E-state index in [0.29, 0.717) is 37.0 Å². The number of ether oxygens (including phenoxy) is 2.